The van der Waals surface area contributed by atoms with Crippen molar-refractivity contribution in [3.05, 3.63) is 71.8 Å². The number of rotatable bonds is 8. The van der Waals surface area contributed by atoms with Crippen molar-refractivity contribution in [3.63, 3.8) is 0 Å². The van der Waals surface area contributed by atoms with E-state index in [9.17, 15) is 4.79 Å². The molecule has 0 saturated carbocycles. The van der Waals surface area contributed by atoms with Crippen molar-refractivity contribution >= 4 is 5.97 Å². The predicted molar refractivity (Wildman–Crippen MR) is 107 cm³/mol. The molecule has 0 aromatic heterocycles. The smallest absolute Gasteiger partial charge is 0.302 e. The first-order chi connectivity index (χ1) is 13.6. The molecular formula is C23H31NO2. The summed E-state index contributed by atoms with van der Waals surface area (Å²) < 4.78 is 29.5. The minimum absolute atomic E-state index is 0.116. The molecule has 2 aromatic rings. The summed E-state index contributed by atoms with van der Waals surface area (Å²) in [5.41, 5.74) is 1.08. The van der Waals surface area contributed by atoms with Crippen LogP contribution in [0.3, 0.4) is 0 Å². The highest BCUT2D eigenvalue weighted by Gasteiger charge is 2.44. The molecule has 0 saturated heterocycles. The van der Waals surface area contributed by atoms with Crippen LogP contribution in [-0.2, 0) is 14.9 Å². The largest absolute Gasteiger partial charge is 0.461 e. The van der Waals surface area contributed by atoms with Gasteiger partial charge < -0.3 is 9.64 Å². The van der Waals surface area contributed by atoms with Gasteiger partial charge in [0.05, 0.1) is 5.41 Å². The van der Waals surface area contributed by atoms with Crippen molar-refractivity contribution in [1.29, 1.82) is 0 Å². The maximum Gasteiger partial charge on any atom is 0.302 e. The lowest BCUT2D eigenvalue weighted by atomic mass is 9.66. The Morgan fingerprint density at radius 1 is 1.08 bits per heavy atom. The van der Waals surface area contributed by atoms with Crippen LogP contribution in [0.25, 0.3) is 0 Å². The summed E-state index contributed by atoms with van der Waals surface area (Å²) in [6, 6.07) is 19.7. The topological polar surface area (TPSA) is 29.5 Å². The molecule has 3 nitrogen and oxygen atoms in total. The number of hydrogen-bond acceptors (Lipinski definition) is 3. The number of carbonyl (C=O) groups excluding carboxylic acids is 1. The summed E-state index contributed by atoms with van der Waals surface area (Å²) in [6.07, 6.45) is -0.460. The molecule has 0 unspecified atom stereocenters. The van der Waals surface area contributed by atoms with Gasteiger partial charge in [0.1, 0.15) is 6.10 Å². The summed E-state index contributed by atoms with van der Waals surface area (Å²) in [4.78, 5) is 14.2. The van der Waals surface area contributed by atoms with E-state index >= 15 is 0 Å². The van der Waals surface area contributed by atoms with Gasteiger partial charge in [0.25, 0.3) is 0 Å². The molecule has 0 bridgehead atoms. The Bertz CT molecular complexity index is 736. The molecule has 0 N–H and O–H groups in total. The summed E-state index contributed by atoms with van der Waals surface area (Å²) >= 11 is 0. The third-order valence-electron chi connectivity index (χ3n) is 5.12. The molecule has 3 heteroatoms. The quantitative estimate of drug-likeness (QED) is 0.645. The first kappa shape index (κ1) is 16.1. The third-order valence-corrected chi connectivity index (χ3v) is 5.12. The molecule has 0 aliphatic carbocycles. The summed E-state index contributed by atoms with van der Waals surface area (Å²) in [5, 5.41) is 0. The molecule has 2 aromatic carbocycles. The minimum atomic E-state index is -2.24. The fraction of sp³-hybridized carbons (Fsp3) is 0.435. The molecule has 0 aliphatic heterocycles. The highest BCUT2D eigenvalue weighted by atomic mass is 16.5. The van der Waals surface area contributed by atoms with Gasteiger partial charge in [0, 0.05) is 17.1 Å². The van der Waals surface area contributed by atoms with E-state index in [1.807, 2.05) is 74.8 Å². The van der Waals surface area contributed by atoms with Crippen molar-refractivity contribution in [2.24, 2.45) is 0 Å². The molecular weight excluding hydrogens is 322 g/mol. The van der Waals surface area contributed by atoms with Crippen LogP contribution < -0.4 is 0 Å². The molecule has 2 rings (SSSR count). The second kappa shape index (κ2) is 9.00. The van der Waals surface area contributed by atoms with E-state index in [1.54, 1.807) is 0 Å². The molecule has 0 aliphatic rings. The number of carbonyl (C=O) groups is 1. The molecule has 0 amide bonds. The van der Waals surface area contributed by atoms with Crippen LogP contribution in [0.5, 0.6) is 0 Å². The van der Waals surface area contributed by atoms with Crippen LogP contribution in [0.4, 0.5) is 0 Å². The van der Waals surface area contributed by atoms with Gasteiger partial charge in [-0.3, -0.25) is 4.79 Å². The minimum Gasteiger partial charge on any atom is -0.461 e. The average Bonchev–Trinajstić information content (AvgIpc) is 2.65. The van der Waals surface area contributed by atoms with Crippen LogP contribution in [-0.4, -0.2) is 37.1 Å². The number of ether oxygens (including phenoxy) is 1. The van der Waals surface area contributed by atoms with Gasteiger partial charge >= 0.3 is 5.97 Å². The Balaban J connectivity index is 2.79. The zero-order valence-electron chi connectivity index (χ0n) is 19.1. The van der Waals surface area contributed by atoms with Crippen molar-refractivity contribution in [3.8, 4) is 0 Å². The van der Waals surface area contributed by atoms with Crippen LogP contribution in [0.1, 0.15) is 48.8 Å². The van der Waals surface area contributed by atoms with E-state index < -0.39 is 24.3 Å². The van der Waals surface area contributed by atoms with Gasteiger partial charge in [-0.25, -0.2) is 0 Å². The van der Waals surface area contributed by atoms with Crippen molar-refractivity contribution < 1.29 is 13.6 Å². The van der Waals surface area contributed by atoms with Gasteiger partial charge in [-0.2, -0.15) is 0 Å². The maximum atomic E-state index is 12.1. The van der Waals surface area contributed by atoms with Gasteiger partial charge in [0.15, 0.2) is 0 Å². The lowest BCUT2D eigenvalue weighted by Gasteiger charge is -2.43. The van der Waals surface area contributed by atoms with E-state index in [-0.39, 0.29) is 12.5 Å². The SMILES string of the molecule is [2H]C([2H])([2H])C[C@H](OC(C)=O)C(C[C@H](C)N(C)C)(c1ccccc1)c1ccccc1. The zero-order valence-corrected chi connectivity index (χ0v) is 16.1. The van der Waals surface area contributed by atoms with Gasteiger partial charge in [0.2, 0.25) is 0 Å². The lowest BCUT2D eigenvalue weighted by Crippen LogP contribution is -2.47. The molecule has 0 spiro atoms. The standard InChI is InChI=1S/C23H31NO2/c1-6-22(26-19(3)25)23(17-18(2)24(4)5,20-13-9-7-10-14-20)21-15-11-8-12-16-21/h7-16,18,22H,6,17H2,1-5H3/t18-,22-/m0/s1/i1D3. The fourth-order valence-corrected chi connectivity index (χ4v) is 3.54. The number of nitrogens with zero attached hydrogens (tertiary/aromatic N) is 1. The molecule has 2 atom stereocenters. The molecule has 0 heterocycles. The van der Waals surface area contributed by atoms with Crippen LogP contribution >= 0.6 is 0 Å². The second-order valence-corrected chi connectivity index (χ2v) is 7.02. The Morgan fingerprint density at radius 3 is 1.96 bits per heavy atom. The van der Waals surface area contributed by atoms with Crippen molar-refractivity contribution in [2.75, 3.05) is 14.1 Å². The molecule has 26 heavy (non-hydrogen) atoms. The monoisotopic (exact) mass is 356 g/mol. The number of hydrogen-bond donors (Lipinski definition) is 0. The third kappa shape index (κ3) is 4.34. The highest BCUT2D eigenvalue weighted by Crippen LogP contribution is 2.43. The maximum absolute atomic E-state index is 12.1. The summed E-state index contributed by atoms with van der Waals surface area (Å²) in [6.45, 7) is 1.19. The van der Waals surface area contributed by atoms with Crippen LogP contribution in [0.15, 0.2) is 60.7 Å². The first-order valence-corrected chi connectivity index (χ1v) is 9.01. The predicted octanol–water partition coefficient (Wildman–Crippen LogP) is 4.65. The van der Waals surface area contributed by atoms with Gasteiger partial charge in [-0.15, -0.1) is 0 Å². The lowest BCUT2D eigenvalue weighted by molar-refractivity contribution is -0.150. The van der Waals surface area contributed by atoms with Crippen molar-refractivity contribution in [2.45, 2.75) is 51.1 Å². The second-order valence-electron chi connectivity index (χ2n) is 7.02. The van der Waals surface area contributed by atoms with E-state index in [2.05, 4.69) is 11.8 Å². The first-order valence-electron chi connectivity index (χ1n) is 10.5. The van der Waals surface area contributed by atoms with Gasteiger partial charge in [-0.05, 0) is 45.0 Å². The Morgan fingerprint density at radius 2 is 1.58 bits per heavy atom. The fourth-order valence-electron chi connectivity index (χ4n) is 3.54. The van der Waals surface area contributed by atoms with Crippen LogP contribution in [0, 0.1) is 0 Å². The van der Waals surface area contributed by atoms with E-state index in [0.29, 0.717) is 6.42 Å². The Kier molecular flexibility index (Phi) is 5.56. The van der Waals surface area contributed by atoms with E-state index in [4.69, 9.17) is 8.85 Å². The molecule has 0 fully saturated rings. The van der Waals surface area contributed by atoms with E-state index in [1.165, 1.54) is 6.92 Å². The Labute approximate surface area is 162 Å². The molecule has 0 radical (unpaired) electrons. The summed E-state index contributed by atoms with van der Waals surface area (Å²) in [7, 11) is 3.99. The average molecular weight is 357 g/mol. The Hall–Kier alpha value is -2.13. The summed E-state index contributed by atoms with van der Waals surface area (Å²) in [5.74, 6) is -0.479. The van der Waals surface area contributed by atoms with Crippen molar-refractivity contribution in [1.82, 2.24) is 4.90 Å². The van der Waals surface area contributed by atoms with E-state index in [0.717, 1.165) is 11.1 Å². The molecule has 140 valence electrons. The normalized spacial score (nSPS) is 16.3. The van der Waals surface area contributed by atoms with Gasteiger partial charge in [-0.1, -0.05) is 67.5 Å². The number of benzene rings is 2. The van der Waals surface area contributed by atoms with Crippen LogP contribution in [0.2, 0.25) is 0 Å². The number of esters is 1. The highest BCUT2D eigenvalue weighted by molar-refractivity contribution is 5.66. The zero-order chi connectivity index (χ0) is 21.7.